The first-order chi connectivity index (χ1) is 11.1. The smallest absolute Gasteiger partial charge is 0.407 e. The van der Waals surface area contributed by atoms with Gasteiger partial charge in [-0.05, 0) is 17.9 Å². The molecule has 0 spiro atoms. The van der Waals surface area contributed by atoms with Gasteiger partial charge >= 0.3 is 6.09 Å². The van der Waals surface area contributed by atoms with Crippen LogP contribution in [-0.4, -0.2) is 25.1 Å². The number of hydrogen-bond acceptors (Lipinski definition) is 4. The monoisotopic (exact) mass is 317 g/mol. The highest BCUT2D eigenvalue weighted by atomic mass is 16.5. The highest BCUT2D eigenvalue weighted by molar-refractivity contribution is 5.76. The molecule has 0 saturated carbocycles. The van der Waals surface area contributed by atoms with Crippen LogP contribution in [0, 0.1) is 17.2 Å². The standard InChI is InChI=1S/C17H23N3O3/c1-14(12-16(21)19-10-5-9-18)8-11-20-17(22)23-13-15-6-3-2-4-7-15/h2-4,6-7,14H,5,8,10-13H2,1H3,(H,19,21)(H,20,22). The van der Waals surface area contributed by atoms with Gasteiger partial charge in [-0.1, -0.05) is 37.3 Å². The topological polar surface area (TPSA) is 91.2 Å². The fraction of sp³-hybridized carbons (Fsp3) is 0.471. The molecule has 6 heteroatoms. The second kappa shape index (κ2) is 11.1. The van der Waals surface area contributed by atoms with Gasteiger partial charge in [-0.2, -0.15) is 5.26 Å². The van der Waals surface area contributed by atoms with E-state index in [0.717, 1.165) is 5.56 Å². The minimum atomic E-state index is -0.459. The van der Waals surface area contributed by atoms with E-state index in [0.29, 0.717) is 32.4 Å². The maximum atomic E-state index is 11.6. The van der Waals surface area contributed by atoms with Crippen LogP contribution >= 0.6 is 0 Å². The van der Waals surface area contributed by atoms with E-state index in [4.69, 9.17) is 10.00 Å². The van der Waals surface area contributed by atoms with Gasteiger partial charge in [-0.15, -0.1) is 0 Å². The van der Waals surface area contributed by atoms with E-state index in [2.05, 4.69) is 10.6 Å². The molecule has 1 aromatic carbocycles. The largest absolute Gasteiger partial charge is 0.445 e. The second-order valence-electron chi connectivity index (χ2n) is 5.34. The van der Waals surface area contributed by atoms with Gasteiger partial charge in [0.1, 0.15) is 6.61 Å². The molecule has 0 aliphatic carbocycles. The number of carbonyl (C=O) groups is 2. The van der Waals surface area contributed by atoms with Crippen molar-refractivity contribution in [1.29, 1.82) is 5.26 Å². The maximum Gasteiger partial charge on any atom is 0.407 e. The lowest BCUT2D eigenvalue weighted by atomic mass is 10.0. The molecule has 0 aromatic heterocycles. The number of hydrogen-bond donors (Lipinski definition) is 2. The molecule has 0 aliphatic rings. The lowest BCUT2D eigenvalue weighted by Gasteiger charge is -2.12. The molecule has 1 unspecified atom stereocenters. The molecule has 2 amide bonds. The SMILES string of the molecule is CC(CCNC(=O)OCc1ccccc1)CC(=O)NCCC#N. The quantitative estimate of drug-likeness (QED) is 0.684. The van der Waals surface area contributed by atoms with Gasteiger partial charge in [0.25, 0.3) is 0 Å². The summed E-state index contributed by atoms with van der Waals surface area (Å²) in [7, 11) is 0. The summed E-state index contributed by atoms with van der Waals surface area (Å²) in [6.45, 7) is 3.02. The lowest BCUT2D eigenvalue weighted by Crippen LogP contribution is -2.29. The number of nitrogens with one attached hydrogen (secondary N) is 2. The van der Waals surface area contributed by atoms with Gasteiger partial charge in [-0.25, -0.2) is 4.79 Å². The first-order valence-electron chi connectivity index (χ1n) is 7.70. The zero-order chi connectivity index (χ0) is 16.9. The number of alkyl carbamates (subject to hydrolysis) is 1. The van der Waals surface area contributed by atoms with Crippen molar-refractivity contribution >= 4 is 12.0 Å². The summed E-state index contributed by atoms with van der Waals surface area (Å²) in [5, 5.41) is 13.7. The van der Waals surface area contributed by atoms with Crippen LogP contribution in [0.25, 0.3) is 0 Å². The summed E-state index contributed by atoms with van der Waals surface area (Å²) in [6.07, 6.45) is 0.923. The normalized spacial score (nSPS) is 11.1. The number of benzene rings is 1. The van der Waals surface area contributed by atoms with Crippen LogP contribution in [0.15, 0.2) is 30.3 Å². The van der Waals surface area contributed by atoms with Gasteiger partial charge in [0.05, 0.1) is 12.5 Å². The molecule has 0 aliphatic heterocycles. The maximum absolute atomic E-state index is 11.6. The van der Waals surface area contributed by atoms with Crippen LogP contribution in [0.4, 0.5) is 4.79 Å². The molecule has 0 saturated heterocycles. The molecule has 0 heterocycles. The molecule has 0 radical (unpaired) electrons. The number of ether oxygens (including phenoxy) is 1. The molecule has 23 heavy (non-hydrogen) atoms. The van der Waals surface area contributed by atoms with Crippen LogP contribution < -0.4 is 10.6 Å². The first kappa shape index (κ1) is 18.5. The third-order valence-electron chi connectivity index (χ3n) is 3.21. The Labute approximate surface area is 136 Å². The van der Waals surface area contributed by atoms with Gasteiger partial charge in [0, 0.05) is 19.5 Å². The predicted octanol–water partition coefficient (Wildman–Crippen LogP) is 2.36. The second-order valence-corrected chi connectivity index (χ2v) is 5.34. The van der Waals surface area contributed by atoms with E-state index in [1.165, 1.54) is 0 Å². The van der Waals surface area contributed by atoms with Crippen LogP contribution in [0.1, 0.15) is 31.7 Å². The number of amides is 2. The van der Waals surface area contributed by atoms with Crippen molar-refractivity contribution in [2.24, 2.45) is 5.92 Å². The third-order valence-corrected chi connectivity index (χ3v) is 3.21. The van der Waals surface area contributed by atoms with Crippen molar-refractivity contribution in [2.45, 2.75) is 32.8 Å². The molecule has 1 rings (SSSR count). The van der Waals surface area contributed by atoms with E-state index in [1.807, 2.05) is 43.3 Å². The summed E-state index contributed by atoms with van der Waals surface area (Å²) in [5.41, 5.74) is 0.935. The Morgan fingerprint density at radius 2 is 1.96 bits per heavy atom. The van der Waals surface area contributed by atoms with Crippen LogP contribution in [0.2, 0.25) is 0 Å². The lowest BCUT2D eigenvalue weighted by molar-refractivity contribution is -0.121. The Bertz CT molecular complexity index is 526. The fourth-order valence-electron chi connectivity index (χ4n) is 1.94. The molecular weight excluding hydrogens is 294 g/mol. The molecule has 124 valence electrons. The number of nitriles is 1. The van der Waals surface area contributed by atoms with E-state index in [9.17, 15) is 9.59 Å². The minimum absolute atomic E-state index is 0.0700. The highest BCUT2D eigenvalue weighted by Gasteiger charge is 2.09. The van der Waals surface area contributed by atoms with Crippen molar-refractivity contribution in [1.82, 2.24) is 10.6 Å². The first-order valence-corrected chi connectivity index (χ1v) is 7.70. The predicted molar refractivity (Wildman–Crippen MR) is 86.3 cm³/mol. The van der Waals surface area contributed by atoms with E-state index in [1.54, 1.807) is 0 Å². The average Bonchev–Trinajstić information content (AvgIpc) is 2.54. The van der Waals surface area contributed by atoms with Crippen LogP contribution in [0.5, 0.6) is 0 Å². The summed E-state index contributed by atoms with van der Waals surface area (Å²) in [6, 6.07) is 11.4. The molecule has 1 atom stereocenters. The van der Waals surface area contributed by atoms with Crippen molar-refractivity contribution in [2.75, 3.05) is 13.1 Å². The van der Waals surface area contributed by atoms with Crippen LogP contribution in [-0.2, 0) is 16.1 Å². The summed E-state index contributed by atoms with van der Waals surface area (Å²) < 4.78 is 5.10. The molecule has 1 aromatic rings. The van der Waals surface area contributed by atoms with Gasteiger partial charge < -0.3 is 15.4 Å². The average molecular weight is 317 g/mol. The Kier molecular flexibility index (Phi) is 8.91. The number of nitrogens with zero attached hydrogens (tertiary/aromatic N) is 1. The van der Waals surface area contributed by atoms with Crippen molar-refractivity contribution < 1.29 is 14.3 Å². The van der Waals surface area contributed by atoms with Crippen LogP contribution in [0.3, 0.4) is 0 Å². The highest BCUT2D eigenvalue weighted by Crippen LogP contribution is 2.06. The zero-order valence-corrected chi connectivity index (χ0v) is 13.4. The van der Waals surface area contributed by atoms with E-state index >= 15 is 0 Å². The van der Waals surface area contributed by atoms with Crippen molar-refractivity contribution in [3.8, 4) is 6.07 Å². The van der Waals surface area contributed by atoms with E-state index in [-0.39, 0.29) is 18.4 Å². The molecule has 0 bridgehead atoms. The van der Waals surface area contributed by atoms with E-state index < -0.39 is 6.09 Å². The Balaban J connectivity index is 2.09. The zero-order valence-electron chi connectivity index (χ0n) is 13.4. The summed E-state index contributed by atoms with van der Waals surface area (Å²) in [5.74, 6) is 0.0749. The fourth-order valence-corrected chi connectivity index (χ4v) is 1.94. The minimum Gasteiger partial charge on any atom is -0.445 e. The van der Waals surface area contributed by atoms with Gasteiger partial charge in [0.15, 0.2) is 0 Å². The Morgan fingerprint density at radius 3 is 2.65 bits per heavy atom. The third kappa shape index (κ3) is 9.14. The van der Waals surface area contributed by atoms with Gasteiger partial charge in [0.2, 0.25) is 5.91 Å². The molecule has 6 nitrogen and oxygen atoms in total. The Hall–Kier alpha value is -2.55. The van der Waals surface area contributed by atoms with Gasteiger partial charge in [-0.3, -0.25) is 4.79 Å². The number of carbonyl (C=O) groups excluding carboxylic acids is 2. The summed E-state index contributed by atoms with van der Waals surface area (Å²) in [4.78, 5) is 23.1. The molecule has 2 N–H and O–H groups in total. The van der Waals surface area contributed by atoms with Crippen molar-refractivity contribution in [3.63, 3.8) is 0 Å². The summed E-state index contributed by atoms with van der Waals surface area (Å²) >= 11 is 0. The molecule has 0 fully saturated rings. The molecular formula is C17H23N3O3. The Morgan fingerprint density at radius 1 is 1.22 bits per heavy atom. The number of rotatable bonds is 9. The van der Waals surface area contributed by atoms with Crippen molar-refractivity contribution in [3.05, 3.63) is 35.9 Å².